The van der Waals surface area contributed by atoms with Crippen LogP contribution in [-0.2, 0) is 14.5 Å². The van der Waals surface area contributed by atoms with Gasteiger partial charge in [-0.15, -0.1) is 0 Å². The Morgan fingerprint density at radius 1 is 0.900 bits per heavy atom. The van der Waals surface area contributed by atoms with Crippen molar-refractivity contribution in [1.29, 1.82) is 0 Å². The number of hydrogen-bond donors (Lipinski definition) is 3. The van der Waals surface area contributed by atoms with Crippen LogP contribution in [0.2, 0.25) is 0 Å². The molecule has 0 aromatic carbocycles. The molecule has 0 aromatic rings. The first-order chi connectivity index (χ1) is 13.9. The third-order valence-electron chi connectivity index (χ3n) is 6.15. The maximum atomic E-state index is 5.99. The highest BCUT2D eigenvalue weighted by atomic mass is 16.7. The Morgan fingerprint density at radius 2 is 1.47 bits per heavy atom. The molecular weight excluding hydrogens is 378 g/mol. The van der Waals surface area contributed by atoms with E-state index in [0.29, 0.717) is 19.0 Å². The molecule has 0 amide bonds. The van der Waals surface area contributed by atoms with Crippen LogP contribution in [0.5, 0.6) is 0 Å². The average molecular weight is 431 g/mol. The predicted octanol–water partition coefficient (Wildman–Crippen LogP) is 5.35. The van der Waals surface area contributed by atoms with E-state index < -0.39 is 5.54 Å². The van der Waals surface area contributed by atoms with Gasteiger partial charge in [0.15, 0.2) is 0 Å². The summed E-state index contributed by atoms with van der Waals surface area (Å²) in [5.41, 5.74) is 8.95. The van der Waals surface area contributed by atoms with Crippen LogP contribution in [0.25, 0.3) is 0 Å². The summed E-state index contributed by atoms with van der Waals surface area (Å²) in [5, 5.41) is 0. The molecule has 0 saturated carbocycles. The van der Waals surface area contributed by atoms with Crippen molar-refractivity contribution >= 4 is 0 Å². The molecule has 3 unspecified atom stereocenters. The summed E-state index contributed by atoms with van der Waals surface area (Å²) in [4.78, 5) is 17.5. The maximum Gasteiger partial charge on any atom is 0.0863 e. The van der Waals surface area contributed by atoms with E-state index in [4.69, 9.17) is 14.5 Å². The molecule has 0 heterocycles. The largest absolute Gasteiger partial charge is 0.302 e. The Morgan fingerprint density at radius 3 is 1.97 bits per heavy atom. The van der Waals surface area contributed by atoms with Gasteiger partial charge in [0.2, 0.25) is 0 Å². The van der Waals surface area contributed by atoms with Crippen LogP contribution in [-0.4, -0.2) is 36.9 Å². The molecule has 6 heteroatoms. The summed E-state index contributed by atoms with van der Waals surface area (Å²) in [6, 6.07) is 0. The van der Waals surface area contributed by atoms with Crippen molar-refractivity contribution < 1.29 is 14.5 Å². The third kappa shape index (κ3) is 13.2. The molecule has 0 aliphatic carbocycles. The van der Waals surface area contributed by atoms with Crippen LogP contribution in [0.3, 0.4) is 0 Å². The second kappa shape index (κ2) is 14.8. The highest BCUT2D eigenvalue weighted by Gasteiger charge is 2.29. The predicted molar refractivity (Wildman–Crippen MR) is 127 cm³/mol. The van der Waals surface area contributed by atoms with Gasteiger partial charge in [-0.3, -0.25) is 9.68 Å². The molecule has 3 N–H and O–H groups in total. The molecule has 0 aromatic heterocycles. The van der Waals surface area contributed by atoms with E-state index in [2.05, 4.69) is 85.7 Å². The van der Waals surface area contributed by atoms with E-state index in [0.717, 1.165) is 32.3 Å². The molecule has 1 radical (unpaired) electrons. The van der Waals surface area contributed by atoms with Crippen molar-refractivity contribution in [3.05, 3.63) is 6.92 Å². The zero-order valence-corrected chi connectivity index (χ0v) is 21.5. The van der Waals surface area contributed by atoms with Crippen LogP contribution >= 0.6 is 0 Å². The van der Waals surface area contributed by atoms with Crippen molar-refractivity contribution in [3.63, 3.8) is 0 Å². The Bertz CT molecular complexity index is 424. The van der Waals surface area contributed by atoms with E-state index in [1.165, 1.54) is 12.8 Å². The van der Waals surface area contributed by atoms with Crippen molar-refractivity contribution in [2.75, 3.05) is 19.7 Å². The lowest BCUT2D eigenvalue weighted by molar-refractivity contribution is -0.115. The average Bonchev–Trinajstić information content (AvgIpc) is 2.68. The van der Waals surface area contributed by atoms with Crippen LogP contribution < -0.4 is 16.4 Å². The van der Waals surface area contributed by atoms with E-state index in [9.17, 15) is 0 Å². The van der Waals surface area contributed by atoms with E-state index >= 15 is 0 Å². The highest BCUT2D eigenvalue weighted by molar-refractivity contribution is 4.89. The van der Waals surface area contributed by atoms with Gasteiger partial charge in [0.1, 0.15) is 0 Å². The van der Waals surface area contributed by atoms with Gasteiger partial charge in [0, 0.05) is 18.6 Å². The molecule has 30 heavy (non-hydrogen) atoms. The first kappa shape index (κ1) is 29.8. The van der Waals surface area contributed by atoms with Crippen LogP contribution in [0.15, 0.2) is 0 Å². The van der Waals surface area contributed by atoms with Crippen LogP contribution in [0.4, 0.5) is 0 Å². The minimum absolute atomic E-state index is 0.0517. The van der Waals surface area contributed by atoms with E-state index in [-0.39, 0.29) is 17.1 Å². The fraction of sp³-hybridized carbons (Fsp3) is 0.958. The quantitative estimate of drug-likeness (QED) is 0.201. The van der Waals surface area contributed by atoms with Gasteiger partial charge in [-0.2, -0.15) is 5.48 Å². The lowest BCUT2D eigenvalue weighted by Gasteiger charge is -2.35. The summed E-state index contributed by atoms with van der Waals surface area (Å²) in [6.45, 7) is 26.0. The molecule has 0 aliphatic rings. The summed E-state index contributed by atoms with van der Waals surface area (Å²) in [5.74, 6) is 0.564. The van der Waals surface area contributed by atoms with Gasteiger partial charge in [0.25, 0.3) is 0 Å². The van der Waals surface area contributed by atoms with Gasteiger partial charge >= 0.3 is 0 Å². The lowest BCUT2D eigenvalue weighted by Crippen LogP contribution is -2.49. The number of hydroxylamine groups is 3. The zero-order valence-electron chi connectivity index (χ0n) is 21.5. The summed E-state index contributed by atoms with van der Waals surface area (Å²) in [6.07, 6.45) is 5.90. The second-order valence-electron chi connectivity index (χ2n) is 10.3. The number of rotatable bonds is 18. The van der Waals surface area contributed by atoms with Crippen molar-refractivity contribution in [2.45, 2.75) is 118 Å². The normalized spacial score (nSPS) is 17.0. The first-order valence-corrected chi connectivity index (χ1v) is 11.9. The second-order valence-corrected chi connectivity index (χ2v) is 10.3. The third-order valence-corrected chi connectivity index (χ3v) is 6.15. The number of nitrogens with one attached hydrogen (secondary N) is 3. The molecule has 0 fully saturated rings. The van der Waals surface area contributed by atoms with Crippen molar-refractivity contribution in [2.24, 2.45) is 11.3 Å². The summed E-state index contributed by atoms with van der Waals surface area (Å²) in [7, 11) is 0. The topological polar surface area (TPSA) is 63.8 Å². The standard InChI is InChI=1S/C24H52N3O3/c1-11-14-20(4)19-28-25-17-15-23(9,27-29-21(5)22(6,7)8)16-18-26-30-24(10,12-2)13-3/h20-21,25-27H,9,11-19H2,1-8,10H3. The molecular formula is C24H52N3O3. The molecule has 0 saturated heterocycles. The van der Waals surface area contributed by atoms with E-state index in [1.54, 1.807) is 0 Å². The Hall–Kier alpha value is -0.240. The monoisotopic (exact) mass is 430 g/mol. The number of hydrogen-bond acceptors (Lipinski definition) is 6. The van der Waals surface area contributed by atoms with Gasteiger partial charge in [-0.05, 0) is 64.2 Å². The Labute approximate surface area is 187 Å². The minimum atomic E-state index is -0.448. The zero-order chi connectivity index (χ0) is 23.3. The molecule has 0 spiro atoms. The molecule has 6 nitrogen and oxygen atoms in total. The fourth-order valence-electron chi connectivity index (χ4n) is 2.67. The van der Waals surface area contributed by atoms with Gasteiger partial charge in [0.05, 0.1) is 18.3 Å². The lowest BCUT2D eigenvalue weighted by atomic mass is 9.90. The first-order valence-electron chi connectivity index (χ1n) is 11.9. The van der Waals surface area contributed by atoms with Crippen LogP contribution in [0, 0.1) is 18.3 Å². The van der Waals surface area contributed by atoms with E-state index in [1.807, 2.05) is 0 Å². The van der Waals surface area contributed by atoms with Crippen molar-refractivity contribution in [1.82, 2.24) is 16.4 Å². The SMILES string of the molecule is [CH2]C(CCNOCC(C)CCC)(CCNOC(C)(CC)CC)NOC(C)C(C)(C)C. The minimum Gasteiger partial charge on any atom is -0.302 e. The molecule has 0 aliphatic heterocycles. The molecule has 0 rings (SSSR count). The Kier molecular flexibility index (Phi) is 14.6. The van der Waals surface area contributed by atoms with Crippen molar-refractivity contribution in [3.8, 4) is 0 Å². The Balaban J connectivity index is 4.60. The van der Waals surface area contributed by atoms with Gasteiger partial charge in [-0.25, -0.2) is 11.0 Å². The fourth-order valence-corrected chi connectivity index (χ4v) is 2.67. The van der Waals surface area contributed by atoms with Gasteiger partial charge in [-0.1, -0.05) is 54.9 Å². The smallest absolute Gasteiger partial charge is 0.0863 e. The summed E-state index contributed by atoms with van der Waals surface area (Å²) < 4.78 is 0. The molecule has 181 valence electrons. The maximum absolute atomic E-state index is 5.99. The molecule has 0 bridgehead atoms. The highest BCUT2D eigenvalue weighted by Crippen LogP contribution is 2.23. The van der Waals surface area contributed by atoms with Crippen LogP contribution in [0.1, 0.15) is 101 Å². The summed E-state index contributed by atoms with van der Waals surface area (Å²) >= 11 is 0. The molecule has 3 atom stereocenters. The van der Waals surface area contributed by atoms with Gasteiger partial charge < -0.3 is 4.84 Å².